The lowest BCUT2D eigenvalue weighted by atomic mass is 9.66. The molecular weight excluding hydrogens is 280 g/mol. The van der Waals surface area contributed by atoms with Gasteiger partial charge in [-0.25, -0.2) is 0 Å². The first-order chi connectivity index (χ1) is 10.2. The predicted octanol–water partition coefficient (Wildman–Crippen LogP) is 2.98. The van der Waals surface area contributed by atoms with Gasteiger partial charge in [0.05, 0.1) is 0 Å². The van der Waals surface area contributed by atoms with Crippen molar-refractivity contribution in [2.75, 3.05) is 0 Å². The molecule has 0 amide bonds. The maximum absolute atomic E-state index is 12.4. The molecule has 3 rings (SSSR count). The molecule has 2 aliphatic heterocycles. The molecule has 0 radical (unpaired) electrons. The van der Waals surface area contributed by atoms with Crippen molar-refractivity contribution in [3.63, 3.8) is 0 Å². The highest BCUT2D eigenvalue weighted by atomic mass is 16.6. The van der Waals surface area contributed by atoms with Gasteiger partial charge in [-0.15, -0.1) is 0 Å². The highest BCUT2D eigenvalue weighted by Gasteiger charge is 2.75. The van der Waals surface area contributed by atoms with E-state index in [1.807, 2.05) is 24.3 Å². The van der Waals surface area contributed by atoms with Crippen molar-refractivity contribution in [2.24, 2.45) is 10.8 Å². The number of rotatable bonds is 2. The summed E-state index contributed by atoms with van der Waals surface area (Å²) in [4.78, 5) is 24.8. The van der Waals surface area contributed by atoms with E-state index in [4.69, 9.17) is 9.47 Å². The van der Waals surface area contributed by atoms with Crippen LogP contribution in [0.25, 0.3) is 0 Å². The first-order valence-electron chi connectivity index (χ1n) is 7.72. The Hall–Kier alpha value is -1.84. The zero-order valence-electron chi connectivity index (χ0n) is 13.7. The van der Waals surface area contributed by atoms with E-state index in [2.05, 4.69) is 6.92 Å². The second-order valence-corrected chi connectivity index (χ2v) is 7.31. The van der Waals surface area contributed by atoms with Crippen molar-refractivity contribution in [3.05, 3.63) is 35.4 Å². The Morgan fingerprint density at radius 3 is 2.14 bits per heavy atom. The molecule has 0 unspecified atom stereocenters. The molecule has 2 fully saturated rings. The molecule has 0 spiro atoms. The average molecular weight is 302 g/mol. The van der Waals surface area contributed by atoms with Crippen LogP contribution in [0.5, 0.6) is 0 Å². The summed E-state index contributed by atoms with van der Waals surface area (Å²) in [7, 11) is 0. The minimum atomic E-state index is -1.06. The lowest BCUT2D eigenvalue weighted by Crippen LogP contribution is -2.47. The molecule has 4 nitrogen and oxygen atoms in total. The van der Waals surface area contributed by atoms with Gasteiger partial charge in [-0.05, 0) is 39.7 Å². The van der Waals surface area contributed by atoms with Crippen LogP contribution in [0, 0.1) is 10.8 Å². The lowest BCUT2D eigenvalue weighted by molar-refractivity contribution is -0.166. The van der Waals surface area contributed by atoms with Gasteiger partial charge in [0.25, 0.3) is 0 Å². The quantitative estimate of drug-likeness (QED) is 0.788. The van der Waals surface area contributed by atoms with Crippen molar-refractivity contribution in [1.29, 1.82) is 0 Å². The fraction of sp³-hybridized carbons (Fsp3) is 0.556. The van der Waals surface area contributed by atoms with Crippen molar-refractivity contribution in [3.8, 4) is 0 Å². The smallest absolute Gasteiger partial charge is 0.316 e. The van der Waals surface area contributed by atoms with E-state index < -0.39 is 22.5 Å². The Bertz CT molecular complexity index is 640. The van der Waals surface area contributed by atoms with Crippen molar-refractivity contribution < 1.29 is 19.1 Å². The molecule has 118 valence electrons. The van der Waals surface area contributed by atoms with Gasteiger partial charge in [-0.1, -0.05) is 31.2 Å². The number of fused-ring (bicyclic) bond motifs is 1. The van der Waals surface area contributed by atoms with Gasteiger partial charge < -0.3 is 9.47 Å². The molecule has 0 aromatic heterocycles. The van der Waals surface area contributed by atoms with E-state index in [-0.39, 0.29) is 11.9 Å². The normalized spacial score (nSPS) is 31.6. The first-order valence-corrected chi connectivity index (χ1v) is 7.72. The Morgan fingerprint density at radius 2 is 1.59 bits per heavy atom. The molecular formula is C18H22O4. The zero-order chi connectivity index (χ0) is 16.3. The molecule has 0 bridgehead atoms. The molecule has 0 aliphatic carbocycles. The van der Waals surface area contributed by atoms with Crippen LogP contribution in [0.2, 0.25) is 0 Å². The third-order valence-electron chi connectivity index (χ3n) is 5.26. The van der Waals surface area contributed by atoms with Gasteiger partial charge >= 0.3 is 11.9 Å². The third kappa shape index (κ3) is 1.58. The molecule has 2 saturated heterocycles. The maximum atomic E-state index is 12.4. The number of hydrogen-bond acceptors (Lipinski definition) is 4. The monoisotopic (exact) mass is 302 g/mol. The van der Waals surface area contributed by atoms with E-state index in [0.717, 1.165) is 12.0 Å². The van der Waals surface area contributed by atoms with Crippen LogP contribution in [0.3, 0.4) is 0 Å². The minimum absolute atomic E-state index is 0.322. The van der Waals surface area contributed by atoms with Gasteiger partial charge in [0.2, 0.25) is 0 Å². The van der Waals surface area contributed by atoms with Crippen molar-refractivity contribution >= 4 is 11.9 Å². The topological polar surface area (TPSA) is 52.6 Å². The van der Waals surface area contributed by atoms with Gasteiger partial charge in [0.15, 0.2) is 11.7 Å². The highest BCUT2D eigenvalue weighted by Crippen LogP contribution is 2.61. The first kappa shape index (κ1) is 15.1. The number of esters is 2. The van der Waals surface area contributed by atoms with Gasteiger partial charge in [-0.2, -0.15) is 0 Å². The molecule has 1 aromatic carbocycles. The van der Waals surface area contributed by atoms with Crippen LogP contribution in [0.15, 0.2) is 24.3 Å². The second kappa shape index (κ2) is 4.34. The number of hydrogen-bond donors (Lipinski definition) is 0. The largest absolute Gasteiger partial charge is 0.456 e. The Balaban J connectivity index is 2.21. The SMILES string of the molecule is CCc1ccc([C@@]23OC(=O)C(C)(C)[C@H]2OC(=O)C3(C)C)cc1. The van der Waals surface area contributed by atoms with E-state index >= 15 is 0 Å². The number of carbonyl (C=O) groups excluding carboxylic acids is 2. The van der Waals surface area contributed by atoms with Gasteiger partial charge in [-0.3, -0.25) is 9.59 Å². The number of carbonyl (C=O) groups is 2. The van der Waals surface area contributed by atoms with E-state index in [1.54, 1.807) is 27.7 Å². The summed E-state index contributed by atoms with van der Waals surface area (Å²) in [5.74, 6) is -0.643. The summed E-state index contributed by atoms with van der Waals surface area (Å²) in [5.41, 5.74) is -0.814. The van der Waals surface area contributed by atoms with Crippen LogP contribution in [-0.4, -0.2) is 18.0 Å². The fourth-order valence-corrected chi connectivity index (χ4v) is 3.60. The Labute approximate surface area is 130 Å². The van der Waals surface area contributed by atoms with Crippen LogP contribution < -0.4 is 0 Å². The lowest BCUT2D eigenvalue weighted by Gasteiger charge is -2.36. The summed E-state index contributed by atoms with van der Waals surface area (Å²) in [6.07, 6.45) is 0.323. The molecule has 2 aliphatic rings. The van der Waals surface area contributed by atoms with Crippen molar-refractivity contribution in [2.45, 2.75) is 52.7 Å². The summed E-state index contributed by atoms with van der Waals surface area (Å²) >= 11 is 0. The van der Waals surface area contributed by atoms with Gasteiger partial charge in [0, 0.05) is 5.56 Å². The molecule has 0 N–H and O–H groups in total. The molecule has 0 saturated carbocycles. The average Bonchev–Trinajstić information content (AvgIpc) is 2.81. The summed E-state index contributed by atoms with van der Waals surface area (Å²) in [5, 5.41) is 0. The Morgan fingerprint density at radius 1 is 1.00 bits per heavy atom. The van der Waals surface area contributed by atoms with E-state index in [1.165, 1.54) is 5.56 Å². The van der Waals surface area contributed by atoms with Crippen LogP contribution in [-0.2, 0) is 31.1 Å². The zero-order valence-corrected chi connectivity index (χ0v) is 13.7. The van der Waals surface area contributed by atoms with Gasteiger partial charge in [0.1, 0.15) is 10.8 Å². The van der Waals surface area contributed by atoms with Crippen LogP contribution >= 0.6 is 0 Å². The van der Waals surface area contributed by atoms with Crippen LogP contribution in [0.4, 0.5) is 0 Å². The standard InChI is InChI=1S/C18H22O4/c1-6-11-7-9-12(10-8-11)18-13(16(2,3)14(19)22-18)21-15(20)17(18,4)5/h7-10,13H,6H2,1-5H3/t13-,18-/m1/s1. The molecule has 2 atom stereocenters. The Kier molecular flexibility index (Phi) is 2.97. The van der Waals surface area contributed by atoms with Crippen LogP contribution in [0.1, 0.15) is 45.7 Å². The maximum Gasteiger partial charge on any atom is 0.316 e. The highest BCUT2D eigenvalue weighted by molar-refractivity contribution is 5.89. The molecule has 22 heavy (non-hydrogen) atoms. The van der Waals surface area contributed by atoms with E-state index in [0.29, 0.717) is 0 Å². The summed E-state index contributed by atoms with van der Waals surface area (Å²) in [6.45, 7) is 9.21. The minimum Gasteiger partial charge on any atom is -0.456 e. The third-order valence-corrected chi connectivity index (χ3v) is 5.26. The number of aryl methyl sites for hydroxylation is 1. The second-order valence-electron chi connectivity index (χ2n) is 7.31. The fourth-order valence-electron chi connectivity index (χ4n) is 3.60. The number of benzene rings is 1. The van der Waals surface area contributed by atoms with E-state index in [9.17, 15) is 9.59 Å². The summed E-state index contributed by atoms with van der Waals surface area (Å²) in [6, 6.07) is 7.92. The molecule has 4 heteroatoms. The summed E-state index contributed by atoms with van der Waals surface area (Å²) < 4.78 is 11.5. The number of ether oxygens (including phenoxy) is 2. The predicted molar refractivity (Wildman–Crippen MR) is 81.0 cm³/mol. The molecule has 2 heterocycles. The molecule has 1 aromatic rings. The van der Waals surface area contributed by atoms with Crippen molar-refractivity contribution in [1.82, 2.24) is 0 Å².